The number of thiazole rings is 1. The highest BCUT2D eigenvalue weighted by molar-refractivity contribution is 7.92. The van der Waals surface area contributed by atoms with E-state index in [-0.39, 0.29) is 16.2 Å². The number of aryl methyl sites for hydroxylation is 1. The number of benzene rings is 2. The van der Waals surface area contributed by atoms with E-state index in [1.807, 2.05) is 0 Å². The van der Waals surface area contributed by atoms with Crippen LogP contribution in [-0.2, 0) is 28.8 Å². The first-order chi connectivity index (χ1) is 18.7. The van der Waals surface area contributed by atoms with Crippen molar-refractivity contribution in [2.75, 3.05) is 25.6 Å². The number of hydrogen-bond donors (Lipinski definition) is 1. The fourth-order valence-corrected chi connectivity index (χ4v) is 6.50. The third-order valence-corrected chi connectivity index (χ3v) is 9.55. The second-order valence-electron chi connectivity index (χ2n) is 9.36. The maximum atomic E-state index is 13.3. The van der Waals surface area contributed by atoms with Crippen molar-refractivity contribution in [1.82, 2.24) is 4.98 Å². The average Bonchev–Trinajstić information content (AvgIpc) is 3.52. The van der Waals surface area contributed by atoms with Gasteiger partial charge in [-0.2, -0.15) is 0 Å². The number of sulfone groups is 1. The summed E-state index contributed by atoms with van der Waals surface area (Å²) in [5.74, 6) is -0.498. The molecule has 2 fully saturated rings. The van der Waals surface area contributed by atoms with Gasteiger partial charge in [0.2, 0.25) is 5.06 Å². The van der Waals surface area contributed by atoms with Crippen molar-refractivity contribution in [3.63, 3.8) is 0 Å². The van der Waals surface area contributed by atoms with Gasteiger partial charge in [-0.3, -0.25) is 10.1 Å². The zero-order valence-corrected chi connectivity index (χ0v) is 23.0. The van der Waals surface area contributed by atoms with Crippen LogP contribution in [-0.4, -0.2) is 57.0 Å². The summed E-state index contributed by atoms with van der Waals surface area (Å²) in [4.78, 5) is 29.8. The average molecular weight is 573 g/mol. The third kappa shape index (κ3) is 6.30. The van der Waals surface area contributed by atoms with Crippen LogP contribution in [0.15, 0.2) is 53.6 Å². The standard InChI is InChI=1S/C27H28N2O8S2/c1-16-3-6-18(13-22(16)26(31)34-2)36-23-14-28-27(38-23)29-25(30)24(37-19-11-12-35-15-19)17-4-7-20(8-5-17)39(32,33)21-9-10-21/h3-8,13-14,19,21,24H,9-12,15H2,1-2H3,(H,28,29,30)/t19-,24?/m1/s1. The van der Waals surface area contributed by atoms with E-state index >= 15 is 0 Å². The normalized spacial score (nSPS) is 17.9. The Morgan fingerprint density at radius 1 is 1.13 bits per heavy atom. The Morgan fingerprint density at radius 3 is 2.56 bits per heavy atom. The number of hydrogen-bond acceptors (Lipinski definition) is 10. The van der Waals surface area contributed by atoms with Crippen molar-refractivity contribution in [3.8, 4) is 10.8 Å². The summed E-state index contributed by atoms with van der Waals surface area (Å²) >= 11 is 1.11. The minimum absolute atomic E-state index is 0.241. The minimum atomic E-state index is -3.34. The van der Waals surface area contributed by atoms with E-state index in [2.05, 4.69) is 10.3 Å². The lowest BCUT2D eigenvalue weighted by atomic mass is 10.1. The molecule has 1 aliphatic heterocycles. The second-order valence-corrected chi connectivity index (χ2v) is 12.6. The molecule has 5 rings (SSSR count). The second kappa shape index (κ2) is 11.4. The summed E-state index contributed by atoms with van der Waals surface area (Å²) in [7, 11) is -2.03. The number of rotatable bonds is 10. The molecule has 1 aromatic heterocycles. The number of anilines is 1. The van der Waals surface area contributed by atoms with E-state index < -0.39 is 27.8 Å². The van der Waals surface area contributed by atoms with E-state index in [4.69, 9.17) is 18.9 Å². The van der Waals surface area contributed by atoms with Gasteiger partial charge in [0.1, 0.15) is 5.75 Å². The Bertz CT molecular complexity index is 1460. The van der Waals surface area contributed by atoms with Crippen LogP contribution in [0.5, 0.6) is 10.8 Å². The molecule has 3 aromatic rings. The molecule has 12 heteroatoms. The molecule has 0 spiro atoms. The highest BCUT2D eigenvalue weighted by atomic mass is 32.2. The largest absolute Gasteiger partial charge is 0.465 e. The minimum Gasteiger partial charge on any atom is -0.465 e. The lowest BCUT2D eigenvalue weighted by molar-refractivity contribution is -0.131. The number of nitrogens with zero attached hydrogens (tertiary/aromatic N) is 1. The molecule has 1 aliphatic carbocycles. The van der Waals surface area contributed by atoms with Gasteiger partial charge in [-0.25, -0.2) is 18.2 Å². The number of nitrogens with one attached hydrogen (secondary N) is 1. The van der Waals surface area contributed by atoms with Gasteiger partial charge in [0, 0.05) is 6.61 Å². The van der Waals surface area contributed by atoms with Crippen LogP contribution >= 0.6 is 11.3 Å². The molecule has 2 aliphatic rings. The molecule has 2 heterocycles. The topological polar surface area (TPSA) is 130 Å². The summed E-state index contributed by atoms with van der Waals surface area (Å²) in [5.41, 5.74) is 1.67. The van der Waals surface area contributed by atoms with Crippen molar-refractivity contribution >= 4 is 38.2 Å². The van der Waals surface area contributed by atoms with Crippen molar-refractivity contribution in [2.45, 2.75) is 48.5 Å². The Hall–Kier alpha value is -3.32. The molecule has 206 valence electrons. The molecule has 2 atom stereocenters. The number of carbonyl (C=O) groups excluding carboxylic acids is 2. The monoisotopic (exact) mass is 572 g/mol. The predicted molar refractivity (Wildman–Crippen MR) is 143 cm³/mol. The van der Waals surface area contributed by atoms with Crippen molar-refractivity contribution < 1.29 is 37.0 Å². The van der Waals surface area contributed by atoms with Gasteiger partial charge in [0.15, 0.2) is 21.1 Å². The van der Waals surface area contributed by atoms with Crippen LogP contribution in [0.3, 0.4) is 0 Å². The van der Waals surface area contributed by atoms with Crippen LogP contribution in [0, 0.1) is 6.92 Å². The number of methoxy groups -OCH3 is 1. The molecular formula is C27H28N2O8S2. The summed E-state index contributed by atoms with van der Waals surface area (Å²) in [6.45, 7) is 2.71. The third-order valence-electron chi connectivity index (χ3n) is 6.48. The van der Waals surface area contributed by atoms with Crippen LogP contribution in [0.4, 0.5) is 5.13 Å². The number of esters is 1. The van der Waals surface area contributed by atoms with Crippen LogP contribution in [0.25, 0.3) is 0 Å². The van der Waals surface area contributed by atoms with E-state index in [1.54, 1.807) is 37.3 Å². The van der Waals surface area contributed by atoms with E-state index in [1.165, 1.54) is 25.4 Å². The van der Waals surface area contributed by atoms with Gasteiger partial charge >= 0.3 is 5.97 Å². The smallest absolute Gasteiger partial charge is 0.338 e. The lowest BCUT2D eigenvalue weighted by Gasteiger charge is -2.21. The Kier molecular flexibility index (Phi) is 7.98. The molecule has 0 bridgehead atoms. The van der Waals surface area contributed by atoms with Crippen LogP contribution in [0.1, 0.15) is 46.9 Å². The zero-order chi connectivity index (χ0) is 27.6. The highest BCUT2D eigenvalue weighted by Gasteiger charge is 2.37. The molecule has 1 amide bonds. The molecule has 0 radical (unpaired) electrons. The molecule has 10 nitrogen and oxygen atoms in total. The summed E-state index contributed by atoms with van der Waals surface area (Å²) in [6, 6.07) is 11.3. The van der Waals surface area contributed by atoms with Crippen molar-refractivity contribution in [3.05, 3.63) is 65.4 Å². The fraction of sp³-hybridized carbons (Fsp3) is 0.370. The molecule has 39 heavy (non-hydrogen) atoms. The quantitative estimate of drug-likeness (QED) is 0.350. The maximum absolute atomic E-state index is 13.3. The summed E-state index contributed by atoms with van der Waals surface area (Å²) in [5, 5.41) is 3.15. The molecule has 1 unspecified atom stereocenters. The van der Waals surface area contributed by atoms with Crippen molar-refractivity contribution in [1.29, 1.82) is 0 Å². The van der Waals surface area contributed by atoms with E-state index in [9.17, 15) is 18.0 Å². The first-order valence-electron chi connectivity index (χ1n) is 12.4. The molecular weight excluding hydrogens is 544 g/mol. The first kappa shape index (κ1) is 27.3. The van der Waals surface area contributed by atoms with Crippen LogP contribution < -0.4 is 10.1 Å². The van der Waals surface area contributed by atoms with Gasteiger partial charge in [0.25, 0.3) is 5.91 Å². The fourth-order valence-electron chi connectivity index (χ4n) is 4.15. The Labute approximate surface area is 230 Å². The van der Waals surface area contributed by atoms with Crippen LogP contribution in [0.2, 0.25) is 0 Å². The van der Waals surface area contributed by atoms with Gasteiger partial charge in [-0.15, -0.1) is 0 Å². The molecule has 2 aromatic carbocycles. The number of carbonyl (C=O) groups is 2. The number of ether oxygens (including phenoxy) is 4. The zero-order valence-electron chi connectivity index (χ0n) is 21.4. The summed E-state index contributed by atoms with van der Waals surface area (Å²) < 4.78 is 47.3. The van der Waals surface area contributed by atoms with Crippen molar-refractivity contribution in [2.24, 2.45) is 0 Å². The number of amides is 1. The van der Waals surface area contributed by atoms with Gasteiger partial charge in [-0.05, 0) is 61.6 Å². The predicted octanol–water partition coefficient (Wildman–Crippen LogP) is 4.45. The highest BCUT2D eigenvalue weighted by Crippen LogP contribution is 2.35. The number of aromatic nitrogens is 1. The van der Waals surface area contributed by atoms with Gasteiger partial charge < -0.3 is 18.9 Å². The van der Waals surface area contributed by atoms with E-state index in [0.29, 0.717) is 59.5 Å². The van der Waals surface area contributed by atoms with E-state index in [0.717, 1.165) is 16.9 Å². The van der Waals surface area contributed by atoms with Gasteiger partial charge in [-0.1, -0.05) is 29.5 Å². The maximum Gasteiger partial charge on any atom is 0.338 e. The van der Waals surface area contributed by atoms with Gasteiger partial charge in [0.05, 0.1) is 41.7 Å². The lowest BCUT2D eigenvalue weighted by Crippen LogP contribution is -2.28. The SMILES string of the molecule is COC(=O)c1cc(Oc2cnc(NC(=O)C(O[C@@H]3CCOC3)c3ccc(S(=O)(=O)C4CC4)cc3)s2)ccc1C. The molecule has 1 N–H and O–H groups in total. The molecule has 1 saturated carbocycles. The first-order valence-corrected chi connectivity index (χ1v) is 14.8. The Balaban J connectivity index is 1.30. The summed E-state index contributed by atoms with van der Waals surface area (Å²) in [6.07, 6.45) is 2.21. The molecule has 1 saturated heterocycles. The Morgan fingerprint density at radius 2 is 1.90 bits per heavy atom.